The molecule has 0 amide bonds. The number of benzene rings is 1. The second-order valence-electron chi connectivity index (χ2n) is 6.99. The predicted molar refractivity (Wildman–Crippen MR) is 97.4 cm³/mol. The number of carboxylic acid groups (broad SMARTS) is 1. The summed E-state index contributed by atoms with van der Waals surface area (Å²) in [6, 6.07) is 8.01. The number of carbonyl (C=O) groups is 1. The van der Waals surface area contributed by atoms with Crippen LogP contribution in [0.15, 0.2) is 36.7 Å². The number of pyridine rings is 1. The van der Waals surface area contributed by atoms with Gasteiger partial charge in [0.1, 0.15) is 5.75 Å². The molecule has 0 spiro atoms. The predicted octanol–water partition coefficient (Wildman–Crippen LogP) is 4.62. The van der Waals surface area contributed by atoms with Crippen LogP contribution >= 0.6 is 0 Å². The number of ether oxygens (including phenoxy) is 1. The Labute approximate surface area is 148 Å². The van der Waals surface area contributed by atoms with Gasteiger partial charge < -0.3 is 9.84 Å². The van der Waals surface area contributed by atoms with Crippen molar-refractivity contribution >= 4 is 5.97 Å². The van der Waals surface area contributed by atoms with Crippen molar-refractivity contribution in [1.29, 1.82) is 0 Å². The van der Waals surface area contributed by atoms with Crippen LogP contribution < -0.4 is 4.74 Å². The Morgan fingerprint density at radius 3 is 2.96 bits per heavy atom. The average molecular weight is 339 g/mol. The first kappa shape index (κ1) is 17.5. The number of aromatic carboxylic acids is 1. The van der Waals surface area contributed by atoms with Crippen LogP contribution in [0, 0.1) is 0 Å². The van der Waals surface area contributed by atoms with Crippen LogP contribution in [-0.2, 0) is 12.8 Å². The summed E-state index contributed by atoms with van der Waals surface area (Å²) in [5.41, 5.74) is 3.95. The third-order valence-corrected chi connectivity index (χ3v) is 4.82. The number of hydrogen-bond acceptors (Lipinski definition) is 3. The summed E-state index contributed by atoms with van der Waals surface area (Å²) >= 11 is 0. The Balaban J connectivity index is 1.75. The first-order valence-electron chi connectivity index (χ1n) is 9.00. The van der Waals surface area contributed by atoms with Gasteiger partial charge in [0, 0.05) is 12.4 Å². The van der Waals surface area contributed by atoms with E-state index < -0.39 is 5.97 Å². The molecule has 4 nitrogen and oxygen atoms in total. The Morgan fingerprint density at radius 1 is 1.36 bits per heavy atom. The molecule has 1 aromatic heterocycles. The van der Waals surface area contributed by atoms with Gasteiger partial charge in [0.2, 0.25) is 0 Å². The third-order valence-electron chi connectivity index (χ3n) is 4.82. The number of aryl methyl sites for hydroxylation is 2. The lowest BCUT2D eigenvalue weighted by Crippen LogP contribution is -2.13. The number of nitrogens with zero attached hydrogens (tertiary/aromatic N) is 1. The Hall–Kier alpha value is -2.36. The molecule has 0 bridgehead atoms. The number of hydrogen-bond donors (Lipinski definition) is 1. The summed E-state index contributed by atoms with van der Waals surface area (Å²) in [6.07, 6.45) is 8.51. The summed E-state index contributed by atoms with van der Waals surface area (Å²) in [5.74, 6) is 0.533. The van der Waals surface area contributed by atoms with Gasteiger partial charge in [-0.25, -0.2) is 4.79 Å². The highest BCUT2D eigenvalue weighted by Gasteiger charge is 2.21. The maximum Gasteiger partial charge on any atom is 0.336 e. The van der Waals surface area contributed by atoms with Crippen molar-refractivity contribution < 1.29 is 14.6 Å². The lowest BCUT2D eigenvalue weighted by Gasteiger charge is -2.26. The molecule has 1 aliphatic carbocycles. The molecular formula is C21H25NO3. The van der Waals surface area contributed by atoms with E-state index in [0.29, 0.717) is 11.5 Å². The van der Waals surface area contributed by atoms with E-state index in [-0.39, 0.29) is 6.10 Å². The van der Waals surface area contributed by atoms with E-state index in [1.165, 1.54) is 17.5 Å². The minimum absolute atomic E-state index is 0.178. The molecule has 3 rings (SSSR count). The highest BCUT2D eigenvalue weighted by Crippen LogP contribution is 2.36. The van der Waals surface area contributed by atoms with Crippen molar-refractivity contribution in [2.24, 2.45) is 0 Å². The van der Waals surface area contributed by atoms with Gasteiger partial charge in [0.25, 0.3) is 0 Å². The van der Waals surface area contributed by atoms with E-state index in [2.05, 4.69) is 23.2 Å². The molecule has 1 unspecified atom stereocenters. The smallest absolute Gasteiger partial charge is 0.336 e. The molecule has 0 saturated carbocycles. The van der Waals surface area contributed by atoms with Crippen molar-refractivity contribution in [2.45, 2.75) is 58.0 Å². The maximum atomic E-state index is 11.4. The number of carboxylic acids is 1. The van der Waals surface area contributed by atoms with Crippen LogP contribution in [0.25, 0.3) is 0 Å². The van der Waals surface area contributed by atoms with Gasteiger partial charge in [-0.1, -0.05) is 6.07 Å². The molecule has 0 radical (unpaired) electrons. The van der Waals surface area contributed by atoms with Crippen molar-refractivity contribution in [2.75, 3.05) is 0 Å². The normalized spacial score (nSPS) is 16.5. The minimum atomic E-state index is -0.878. The Bertz CT molecular complexity index is 755. The van der Waals surface area contributed by atoms with E-state index in [1.807, 2.05) is 13.8 Å². The lowest BCUT2D eigenvalue weighted by atomic mass is 9.79. The fourth-order valence-corrected chi connectivity index (χ4v) is 3.70. The zero-order chi connectivity index (χ0) is 17.8. The Morgan fingerprint density at radius 2 is 2.20 bits per heavy atom. The van der Waals surface area contributed by atoms with Crippen molar-refractivity contribution in [3.63, 3.8) is 0 Å². The lowest BCUT2D eigenvalue weighted by molar-refractivity contribution is 0.0695. The van der Waals surface area contributed by atoms with Gasteiger partial charge in [-0.15, -0.1) is 0 Å². The van der Waals surface area contributed by atoms with Gasteiger partial charge in [-0.05, 0) is 86.8 Å². The number of rotatable bonds is 6. The van der Waals surface area contributed by atoms with Crippen molar-refractivity contribution in [1.82, 2.24) is 4.98 Å². The van der Waals surface area contributed by atoms with E-state index >= 15 is 0 Å². The van der Waals surface area contributed by atoms with Crippen molar-refractivity contribution in [3.05, 3.63) is 58.9 Å². The molecular weight excluding hydrogens is 314 g/mol. The molecule has 1 heterocycles. The van der Waals surface area contributed by atoms with Gasteiger partial charge in [0.05, 0.1) is 11.7 Å². The van der Waals surface area contributed by atoms with Gasteiger partial charge in [-0.3, -0.25) is 4.98 Å². The molecule has 0 aliphatic heterocycles. The summed E-state index contributed by atoms with van der Waals surface area (Å²) in [6.45, 7) is 4.08. The van der Waals surface area contributed by atoms with Gasteiger partial charge in [0.15, 0.2) is 0 Å². The summed E-state index contributed by atoms with van der Waals surface area (Å²) < 4.78 is 5.81. The number of aromatic nitrogens is 1. The molecule has 25 heavy (non-hydrogen) atoms. The first-order valence-corrected chi connectivity index (χ1v) is 9.00. The highest BCUT2D eigenvalue weighted by atomic mass is 16.5. The van der Waals surface area contributed by atoms with Crippen LogP contribution in [0.5, 0.6) is 5.75 Å². The van der Waals surface area contributed by atoms with E-state index in [0.717, 1.165) is 37.0 Å². The number of fused-ring (bicyclic) bond motifs is 1. The molecule has 1 atom stereocenters. The SMILES string of the molecule is CC(C)Oc1ccc2c(c1)CCCC2CCc1cnccc1C(=O)O. The fraction of sp³-hybridized carbons (Fsp3) is 0.429. The van der Waals surface area contributed by atoms with E-state index in [4.69, 9.17) is 4.74 Å². The summed E-state index contributed by atoms with van der Waals surface area (Å²) in [7, 11) is 0. The van der Waals surface area contributed by atoms with Crippen LogP contribution in [0.3, 0.4) is 0 Å². The van der Waals surface area contributed by atoms with Crippen LogP contribution in [0.1, 0.15) is 66.1 Å². The van der Waals surface area contributed by atoms with Gasteiger partial charge in [-0.2, -0.15) is 0 Å². The van der Waals surface area contributed by atoms with E-state index in [9.17, 15) is 9.90 Å². The molecule has 2 aromatic rings. The molecule has 0 fully saturated rings. The summed E-state index contributed by atoms with van der Waals surface area (Å²) in [5, 5.41) is 9.32. The monoisotopic (exact) mass is 339 g/mol. The molecule has 4 heteroatoms. The quantitative estimate of drug-likeness (QED) is 0.834. The molecule has 132 valence electrons. The molecule has 0 saturated heterocycles. The van der Waals surface area contributed by atoms with Crippen LogP contribution in [0.2, 0.25) is 0 Å². The maximum absolute atomic E-state index is 11.4. The zero-order valence-electron chi connectivity index (χ0n) is 14.9. The standard InChI is InChI=1S/C21H25NO3/c1-14(2)25-18-8-9-19-15(4-3-5-16(19)12-18)6-7-17-13-22-11-10-20(17)21(23)24/h8-15H,3-7H2,1-2H3,(H,23,24). The fourth-order valence-electron chi connectivity index (χ4n) is 3.70. The van der Waals surface area contributed by atoms with Gasteiger partial charge >= 0.3 is 5.97 Å². The third kappa shape index (κ3) is 4.19. The second-order valence-corrected chi connectivity index (χ2v) is 6.99. The van der Waals surface area contributed by atoms with E-state index in [1.54, 1.807) is 18.5 Å². The van der Waals surface area contributed by atoms with Crippen LogP contribution in [0.4, 0.5) is 0 Å². The topological polar surface area (TPSA) is 59.4 Å². The average Bonchev–Trinajstić information content (AvgIpc) is 2.59. The van der Waals surface area contributed by atoms with Crippen LogP contribution in [-0.4, -0.2) is 22.2 Å². The molecule has 1 N–H and O–H groups in total. The second kappa shape index (κ2) is 7.68. The highest BCUT2D eigenvalue weighted by molar-refractivity contribution is 5.89. The van der Waals surface area contributed by atoms with Crippen molar-refractivity contribution in [3.8, 4) is 5.75 Å². The minimum Gasteiger partial charge on any atom is -0.491 e. The zero-order valence-corrected chi connectivity index (χ0v) is 14.9. The Kier molecular flexibility index (Phi) is 5.37. The summed E-state index contributed by atoms with van der Waals surface area (Å²) in [4.78, 5) is 15.5. The molecule has 1 aromatic carbocycles. The largest absolute Gasteiger partial charge is 0.491 e. The molecule has 1 aliphatic rings. The first-order chi connectivity index (χ1) is 12.0.